The third-order valence-electron chi connectivity index (χ3n) is 3.11. The van der Waals surface area contributed by atoms with E-state index in [0.29, 0.717) is 11.1 Å². The summed E-state index contributed by atoms with van der Waals surface area (Å²) in [6.07, 6.45) is -0.821. The highest BCUT2D eigenvalue weighted by molar-refractivity contribution is 9.10. The van der Waals surface area contributed by atoms with Crippen LogP contribution >= 0.6 is 15.9 Å². The van der Waals surface area contributed by atoms with Crippen molar-refractivity contribution in [3.63, 3.8) is 0 Å². The normalized spacial score (nSPS) is 11.7. The van der Waals surface area contributed by atoms with Crippen molar-refractivity contribution in [1.82, 2.24) is 5.32 Å². The fraction of sp³-hybridized carbons (Fsp3) is 0.118. The number of carbonyl (C=O) groups is 1. The van der Waals surface area contributed by atoms with Gasteiger partial charge in [-0.3, -0.25) is 4.79 Å². The zero-order chi connectivity index (χ0) is 15.2. The van der Waals surface area contributed by atoms with E-state index in [1.54, 1.807) is 24.3 Å². The van der Waals surface area contributed by atoms with E-state index < -0.39 is 6.10 Å². The topological polar surface area (TPSA) is 49.3 Å². The first-order valence-corrected chi connectivity index (χ1v) is 7.33. The van der Waals surface area contributed by atoms with Crippen molar-refractivity contribution in [3.8, 4) is 0 Å². The molecule has 0 aliphatic heterocycles. The van der Waals surface area contributed by atoms with Gasteiger partial charge in [-0.1, -0.05) is 52.8 Å². The van der Waals surface area contributed by atoms with E-state index in [2.05, 4.69) is 27.8 Å². The van der Waals surface area contributed by atoms with Gasteiger partial charge in [-0.25, -0.2) is 0 Å². The fourth-order valence-electron chi connectivity index (χ4n) is 1.86. The summed E-state index contributed by atoms with van der Waals surface area (Å²) in [7, 11) is 0. The predicted octanol–water partition coefficient (Wildman–Crippen LogP) is 3.25. The Kier molecular flexibility index (Phi) is 5.31. The Bertz CT molecular complexity index is 623. The molecular formula is C17H16BrNO2. The molecule has 0 aliphatic rings. The lowest BCUT2D eigenvalue weighted by atomic mass is 10.0. The lowest BCUT2D eigenvalue weighted by Crippen LogP contribution is -2.32. The van der Waals surface area contributed by atoms with Gasteiger partial charge in [-0.05, 0) is 35.4 Å². The van der Waals surface area contributed by atoms with Crippen LogP contribution in [0.25, 0.3) is 5.57 Å². The van der Waals surface area contributed by atoms with Crippen LogP contribution in [-0.2, 0) is 0 Å². The number of hydrogen-bond acceptors (Lipinski definition) is 2. The quantitative estimate of drug-likeness (QED) is 0.873. The van der Waals surface area contributed by atoms with Crippen LogP contribution in [-0.4, -0.2) is 23.7 Å². The maximum atomic E-state index is 11.9. The minimum atomic E-state index is -0.821. The van der Waals surface area contributed by atoms with Gasteiger partial charge in [0.15, 0.2) is 0 Å². The molecule has 2 aromatic rings. The predicted molar refractivity (Wildman–Crippen MR) is 88.0 cm³/mol. The molecule has 2 aromatic carbocycles. The number of hydrogen-bond donors (Lipinski definition) is 2. The van der Waals surface area contributed by atoms with E-state index in [1.807, 2.05) is 30.3 Å². The third kappa shape index (κ3) is 4.28. The Balaban J connectivity index is 1.92. The second-order valence-corrected chi connectivity index (χ2v) is 5.54. The first-order valence-electron chi connectivity index (χ1n) is 6.54. The van der Waals surface area contributed by atoms with Crippen LogP contribution in [0.15, 0.2) is 65.6 Å². The Morgan fingerprint density at radius 1 is 1.10 bits per heavy atom. The largest absolute Gasteiger partial charge is 0.387 e. The maximum Gasteiger partial charge on any atom is 0.251 e. The summed E-state index contributed by atoms with van der Waals surface area (Å²) >= 11 is 3.36. The fourth-order valence-corrected chi connectivity index (χ4v) is 2.12. The van der Waals surface area contributed by atoms with Crippen molar-refractivity contribution in [2.75, 3.05) is 6.54 Å². The van der Waals surface area contributed by atoms with Crippen LogP contribution in [0, 0.1) is 0 Å². The number of rotatable bonds is 5. The van der Waals surface area contributed by atoms with Gasteiger partial charge in [0.2, 0.25) is 0 Å². The van der Waals surface area contributed by atoms with Gasteiger partial charge < -0.3 is 10.4 Å². The SMILES string of the molecule is C=C(c1ccc(Br)cc1)[C@H](O)CNC(=O)c1ccccc1. The summed E-state index contributed by atoms with van der Waals surface area (Å²) in [4.78, 5) is 11.9. The van der Waals surface area contributed by atoms with Crippen LogP contribution in [0.2, 0.25) is 0 Å². The monoisotopic (exact) mass is 345 g/mol. The number of nitrogens with one attached hydrogen (secondary N) is 1. The number of aliphatic hydroxyl groups is 1. The lowest BCUT2D eigenvalue weighted by molar-refractivity contribution is 0.0935. The maximum absolute atomic E-state index is 11.9. The molecule has 0 aliphatic carbocycles. The number of aliphatic hydroxyl groups excluding tert-OH is 1. The number of amides is 1. The van der Waals surface area contributed by atoms with E-state index in [9.17, 15) is 9.90 Å². The van der Waals surface area contributed by atoms with E-state index in [0.717, 1.165) is 10.0 Å². The molecule has 0 aromatic heterocycles. The third-order valence-corrected chi connectivity index (χ3v) is 3.64. The minimum Gasteiger partial charge on any atom is -0.387 e. The molecule has 4 heteroatoms. The molecule has 3 nitrogen and oxygen atoms in total. The highest BCUT2D eigenvalue weighted by Gasteiger charge is 2.13. The molecule has 0 heterocycles. The first kappa shape index (κ1) is 15.5. The smallest absolute Gasteiger partial charge is 0.251 e. The van der Waals surface area contributed by atoms with Gasteiger partial charge in [0.25, 0.3) is 5.91 Å². The molecule has 0 saturated heterocycles. The molecule has 0 spiro atoms. The van der Waals surface area contributed by atoms with Crippen LogP contribution < -0.4 is 5.32 Å². The van der Waals surface area contributed by atoms with Crippen molar-refractivity contribution in [1.29, 1.82) is 0 Å². The molecule has 1 atom stereocenters. The lowest BCUT2D eigenvalue weighted by Gasteiger charge is -2.15. The van der Waals surface area contributed by atoms with E-state index in [4.69, 9.17) is 0 Å². The second kappa shape index (κ2) is 7.20. The van der Waals surface area contributed by atoms with Crippen molar-refractivity contribution in [3.05, 3.63) is 76.8 Å². The van der Waals surface area contributed by atoms with Crippen molar-refractivity contribution in [2.24, 2.45) is 0 Å². The van der Waals surface area contributed by atoms with E-state index >= 15 is 0 Å². The Labute approximate surface area is 132 Å². The summed E-state index contributed by atoms with van der Waals surface area (Å²) in [5, 5.41) is 12.8. The molecule has 0 radical (unpaired) electrons. The summed E-state index contributed by atoms with van der Waals surface area (Å²) in [5.41, 5.74) is 1.99. The molecule has 0 fully saturated rings. The average Bonchev–Trinajstić information content (AvgIpc) is 2.53. The highest BCUT2D eigenvalue weighted by atomic mass is 79.9. The first-order chi connectivity index (χ1) is 10.1. The Hall–Kier alpha value is -1.91. The van der Waals surface area contributed by atoms with Crippen molar-refractivity contribution >= 4 is 27.4 Å². The average molecular weight is 346 g/mol. The molecule has 1 amide bonds. The van der Waals surface area contributed by atoms with Gasteiger partial charge in [0.1, 0.15) is 0 Å². The molecule has 21 heavy (non-hydrogen) atoms. The number of benzene rings is 2. The van der Waals surface area contributed by atoms with Gasteiger partial charge in [-0.15, -0.1) is 0 Å². The number of halogens is 1. The minimum absolute atomic E-state index is 0.128. The van der Waals surface area contributed by atoms with Crippen LogP contribution in [0.1, 0.15) is 15.9 Å². The van der Waals surface area contributed by atoms with Crippen LogP contribution in [0.4, 0.5) is 0 Å². The van der Waals surface area contributed by atoms with E-state index in [-0.39, 0.29) is 12.5 Å². The molecule has 2 rings (SSSR count). The molecule has 0 unspecified atom stereocenters. The van der Waals surface area contributed by atoms with Crippen LogP contribution in [0.3, 0.4) is 0 Å². The molecule has 0 bridgehead atoms. The Morgan fingerprint density at radius 2 is 1.71 bits per heavy atom. The van der Waals surface area contributed by atoms with Gasteiger partial charge in [0, 0.05) is 16.6 Å². The van der Waals surface area contributed by atoms with Gasteiger partial charge in [0.05, 0.1) is 6.10 Å². The summed E-state index contributed by atoms with van der Waals surface area (Å²) in [6, 6.07) is 16.4. The summed E-state index contributed by atoms with van der Waals surface area (Å²) in [6.45, 7) is 4.02. The molecular weight excluding hydrogens is 330 g/mol. The standard InChI is InChI=1S/C17H16BrNO2/c1-12(13-7-9-15(18)10-8-13)16(20)11-19-17(21)14-5-3-2-4-6-14/h2-10,16,20H,1,11H2,(H,19,21)/t16-/m1/s1. The summed E-state index contributed by atoms with van der Waals surface area (Å²) < 4.78 is 0.964. The zero-order valence-electron chi connectivity index (χ0n) is 11.4. The number of carbonyl (C=O) groups excluding carboxylic acids is 1. The highest BCUT2D eigenvalue weighted by Crippen LogP contribution is 2.19. The Morgan fingerprint density at radius 3 is 2.33 bits per heavy atom. The van der Waals surface area contributed by atoms with Crippen LogP contribution in [0.5, 0.6) is 0 Å². The van der Waals surface area contributed by atoms with Gasteiger partial charge in [-0.2, -0.15) is 0 Å². The van der Waals surface area contributed by atoms with Crippen molar-refractivity contribution < 1.29 is 9.90 Å². The van der Waals surface area contributed by atoms with Gasteiger partial charge >= 0.3 is 0 Å². The van der Waals surface area contributed by atoms with E-state index in [1.165, 1.54) is 0 Å². The molecule has 2 N–H and O–H groups in total. The van der Waals surface area contributed by atoms with Crippen molar-refractivity contribution in [2.45, 2.75) is 6.10 Å². The molecule has 108 valence electrons. The molecule has 0 saturated carbocycles. The summed E-state index contributed by atoms with van der Waals surface area (Å²) in [5.74, 6) is -0.210. The zero-order valence-corrected chi connectivity index (χ0v) is 13.0. The second-order valence-electron chi connectivity index (χ2n) is 4.62.